The molecular formula is C25H19Br2NO3. The second-order valence-electron chi connectivity index (χ2n) is 7.29. The smallest absolute Gasteiger partial charge is 0.363 e. The van der Waals surface area contributed by atoms with Gasteiger partial charge in [-0.3, -0.25) is 0 Å². The number of aliphatic imine (C=N–C) groups is 1. The Bertz CT molecular complexity index is 1170. The highest BCUT2D eigenvalue weighted by Crippen LogP contribution is 2.36. The molecule has 0 saturated carbocycles. The molecule has 4 nitrogen and oxygen atoms in total. The monoisotopic (exact) mass is 539 g/mol. The fourth-order valence-electron chi connectivity index (χ4n) is 3.03. The summed E-state index contributed by atoms with van der Waals surface area (Å²) < 4.78 is 12.9. The number of esters is 1. The highest BCUT2D eigenvalue weighted by atomic mass is 79.9. The standard InChI is InChI=1S/C25H19Br2NO3/c1-15-3-7-17(8-4-15)14-30-23-20(26)11-18(12-21(23)27)13-22-25(29)31-24(28-22)19-9-5-16(2)6-10-19/h3-13H,14H2,1-2H3/b22-13-. The average Bonchev–Trinajstić information content (AvgIpc) is 3.09. The number of rotatable bonds is 5. The minimum absolute atomic E-state index is 0.252. The van der Waals surface area contributed by atoms with Gasteiger partial charge in [0.1, 0.15) is 12.4 Å². The van der Waals surface area contributed by atoms with Gasteiger partial charge in [0, 0.05) is 5.56 Å². The Morgan fingerprint density at radius 2 is 1.52 bits per heavy atom. The topological polar surface area (TPSA) is 47.9 Å². The number of hydrogen-bond donors (Lipinski definition) is 0. The lowest BCUT2D eigenvalue weighted by molar-refractivity contribution is -0.129. The van der Waals surface area contributed by atoms with Crippen LogP contribution in [-0.4, -0.2) is 11.9 Å². The van der Waals surface area contributed by atoms with E-state index in [0.29, 0.717) is 18.3 Å². The number of hydrogen-bond acceptors (Lipinski definition) is 4. The van der Waals surface area contributed by atoms with Gasteiger partial charge in [-0.25, -0.2) is 9.79 Å². The zero-order chi connectivity index (χ0) is 22.0. The summed E-state index contributed by atoms with van der Waals surface area (Å²) >= 11 is 7.13. The van der Waals surface area contributed by atoms with Crippen LogP contribution in [-0.2, 0) is 16.1 Å². The third-order valence-corrected chi connectivity index (χ3v) is 5.92. The molecule has 0 aliphatic carbocycles. The van der Waals surface area contributed by atoms with Gasteiger partial charge in [-0.1, -0.05) is 47.5 Å². The Morgan fingerprint density at radius 3 is 2.13 bits per heavy atom. The van der Waals surface area contributed by atoms with Crippen molar-refractivity contribution in [3.05, 3.63) is 103 Å². The van der Waals surface area contributed by atoms with Crippen LogP contribution < -0.4 is 4.74 Å². The Hall–Kier alpha value is -2.70. The Balaban J connectivity index is 1.54. The molecule has 0 radical (unpaired) electrons. The first kappa shape index (κ1) is 21.5. The molecule has 1 heterocycles. The van der Waals surface area contributed by atoms with Crippen molar-refractivity contribution in [1.29, 1.82) is 0 Å². The number of cyclic esters (lactones) is 1. The molecular weight excluding hydrogens is 522 g/mol. The van der Waals surface area contributed by atoms with E-state index < -0.39 is 5.97 Å². The molecule has 3 aromatic rings. The van der Waals surface area contributed by atoms with Crippen molar-refractivity contribution < 1.29 is 14.3 Å². The summed E-state index contributed by atoms with van der Waals surface area (Å²) in [4.78, 5) is 16.7. The van der Waals surface area contributed by atoms with Crippen LogP contribution in [0.3, 0.4) is 0 Å². The SMILES string of the molecule is Cc1ccc(COc2c(Br)cc(/C=C3\N=C(c4ccc(C)cc4)OC3=O)cc2Br)cc1. The Morgan fingerprint density at radius 1 is 0.935 bits per heavy atom. The maximum Gasteiger partial charge on any atom is 0.363 e. The third-order valence-electron chi connectivity index (χ3n) is 4.75. The minimum Gasteiger partial charge on any atom is -0.487 e. The molecule has 1 aliphatic heterocycles. The number of nitrogens with zero attached hydrogens (tertiary/aromatic N) is 1. The van der Waals surface area contributed by atoms with E-state index in [1.54, 1.807) is 6.08 Å². The molecule has 156 valence electrons. The summed E-state index contributed by atoms with van der Waals surface area (Å²) in [6.45, 7) is 4.51. The number of halogens is 2. The molecule has 3 aromatic carbocycles. The Labute approximate surface area is 197 Å². The molecule has 4 rings (SSSR count). The van der Waals surface area contributed by atoms with Gasteiger partial charge in [0.05, 0.1) is 8.95 Å². The van der Waals surface area contributed by atoms with E-state index in [0.717, 1.165) is 31.2 Å². The summed E-state index contributed by atoms with van der Waals surface area (Å²) in [5.41, 5.74) is 5.24. The van der Waals surface area contributed by atoms with E-state index in [4.69, 9.17) is 9.47 Å². The van der Waals surface area contributed by atoms with Crippen molar-refractivity contribution in [1.82, 2.24) is 0 Å². The van der Waals surface area contributed by atoms with Gasteiger partial charge >= 0.3 is 5.97 Å². The van der Waals surface area contributed by atoms with E-state index in [2.05, 4.69) is 55.9 Å². The van der Waals surface area contributed by atoms with E-state index >= 15 is 0 Å². The zero-order valence-electron chi connectivity index (χ0n) is 17.0. The molecule has 31 heavy (non-hydrogen) atoms. The molecule has 0 atom stereocenters. The molecule has 0 aromatic heterocycles. The largest absolute Gasteiger partial charge is 0.487 e. The molecule has 0 unspecified atom stereocenters. The zero-order valence-corrected chi connectivity index (χ0v) is 20.2. The van der Waals surface area contributed by atoms with E-state index in [1.165, 1.54) is 5.56 Å². The first-order valence-corrected chi connectivity index (χ1v) is 11.2. The molecule has 6 heteroatoms. The van der Waals surface area contributed by atoms with E-state index in [-0.39, 0.29) is 5.70 Å². The van der Waals surface area contributed by atoms with Crippen LogP contribution in [0.5, 0.6) is 5.75 Å². The van der Waals surface area contributed by atoms with Crippen LogP contribution in [0.25, 0.3) is 6.08 Å². The van der Waals surface area contributed by atoms with Crippen molar-refractivity contribution in [2.45, 2.75) is 20.5 Å². The van der Waals surface area contributed by atoms with Crippen molar-refractivity contribution in [2.75, 3.05) is 0 Å². The lowest BCUT2D eigenvalue weighted by Gasteiger charge is -2.11. The normalized spacial score (nSPS) is 14.5. The first-order chi connectivity index (χ1) is 14.9. The third kappa shape index (κ3) is 5.14. The second kappa shape index (κ2) is 9.20. The van der Waals surface area contributed by atoms with Crippen LogP contribution >= 0.6 is 31.9 Å². The summed E-state index contributed by atoms with van der Waals surface area (Å²) in [6, 6.07) is 19.7. The number of aryl methyl sites for hydroxylation is 2. The molecule has 0 saturated heterocycles. The second-order valence-corrected chi connectivity index (χ2v) is 9.00. The predicted molar refractivity (Wildman–Crippen MR) is 129 cm³/mol. The lowest BCUT2D eigenvalue weighted by Crippen LogP contribution is -2.05. The summed E-state index contributed by atoms with van der Waals surface area (Å²) in [5.74, 6) is 0.538. The number of ether oxygens (including phenoxy) is 2. The fraction of sp³-hybridized carbons (Fsp3) is 0.120. The molecule has 0 bridgehead atoms. The van der Waals surface area contributed by atoms with E-state index in [1.807, 2.05) is 55.5 Å². The van der Waals surface area contributed by atoms with Crippen LogP contribution in [0, 0.1) is 13.8 Å². The van der Waals surface area contributed by atoms with Crippen molar-refractivity contribution in [3.8, 4) is 5.75 Å². The Kier molecular flexibility index (Phi) is 6.39. The number of carbonyl (C=O) groups is 1. The molecule has 0 spiro atoms. The molecule has 1 aliphatic rings. The van der Waals surface area contributed by atoms with Gasteiger partial charge in [-0.15, -0.1) is 0 Å². The van der Waals surface area contributed by atoms with Gasteiger partial charge in [0.25, 0.3) is 0 Å². The van der Waals surface area contributed by atoms with Gasteiger partial charge in [0.2, 0.25) is 5.90 Å². The van der Waals surface area contributed by atoms with Gasteiger partial charge in [-0.2, -0.15) is 0 Å². The first-order valence-electron chi connectivity index (χ1n) is 9.66. The highest BCUT2D eigenvalue weighted by Gasteiger charge is 2.24. The number of carbonyl (C=O) groups excluding carboxylic acids is 1. The summed E-state index contributed by atoms with van der Waals surface area (Å²) in [6.07, 6.45) is 1.70. The molecule has 0 amide bonds. The van der Waals surface area contributed by atoms with Gasteiger partial charge in [-0.05, 0) is 87.2 Å². The molecule has 0 fully saturated rings. The fourth-order valence-corrected chi connectivity index (χ4v) is 4.48. The predicted octanol–water partition coefficient (Wildman–Crippen LogP) is 6.75. The lowest BCUT2D eigenvalue weighted by atomic mass is 10.1. The molecule has 0 N–H and O–H groups in total. The van der Waals surface area contributed by atoms with E-state index in [9.17, 15) is 4.79 Å². The highest BCUT2D eigenvalue weighted by molar-refractivity contribution is 9.11. The minimum atomic E-state index is -0.470. The van der Waals surface area contributed by atoms with Crippen molar-refractivity contribution >= 4 is 49.8 Å². The van der Waals surface area contributed by atoms with Crippen LogP contribution in [0.4, 0.5) is 0 Å². The average molecular weight is 541 g/mol. The summed E-state index contributed by atoms with van der Waals surface area (Å²) in [7, 11) is 0. The number of benzene rings is 3. The van der Waals surface area contributed by atoms with Crippen LogP contribution in [0.2, 0.25) is 0 Å². The van der Waals surface area contributed by atoms with Gasteiger partial charge < -0.3 is 9.47 Å². The maximum atomic E-state index is 12.3. The van der Waals surface area contributed by atoms with Crippen LogP contribution in [0.15, 0.2) is 80.3 Å². The van der Waals surface area contributed by atoms with Crippen molar-refractivity contribution in [3.63, 3.8) is 0 Å². The maximum absolute atomic E-state index is 12.3. The van der Waals surface area contributed by atoms with Crippen LogP contribution in [0.1, 0.15) is 27.8 Å². The van der Waals surface area contributed by atoms with Gasteiger partial charge in [0.15, 0.2) is 5.70 Å². The quantitative estimate of drug-likeness (QED) is 0.265. The summed E-state index contributed by atoms with van der Waals surface area (Å²) in [5, 5.41) is 0. The van der Waals surface area contributed by atoms with Crippen molar-refractivity contribution in [2.24, 2.45) is 4.99 Å².